The molecule has 0 fully saturated rings. The fourth-order valence-corrected chi connectivity index (χ4v) is 2.71. The van der Waals surface area contributed by atoms with Gasteiger partial charge in [0.15, 0.2) is 6.10 Å². The van der Waals surface area contributed by atoms with Crippen molar-refractivity contribution in [2.75, 3.05) is 26.4 Å². The van der Waals surface area contributed by atoms with Crippen LogP contribution in [0.2, 0.25) is 0 Å². The predicted molar refractivity (Wildman–Crippen MR) is 96.4 cm³/mol. The van der Waals surface area contributed by atoms with Crippen molar-refractivity contribution in [1.29, 1.82) is 0 Å². The maximum Gasteiger partial charge on any atom is 0.335 e. The number of esters is 1. The lowest BCUT2D eigenvalue weighted by atomic mass is 10.2. The predicted octanol–water partition coefficient (Wildman–Crippen LogP) is 2.46. The first-order valence-corrected chi connectivity index (χ1v) is 9.80. The summed E-state index contributed by atoms with van der Waals surface area (Å²) in [6, 6.07) is 6.40. The van der Waals surface area contributed by atoms with Gasteiger partial charge in [0.1, 0.15) is 5.60 Å². The van der Waals surface area contributed by atoms with E-state index in [0.717, 1.165) is 5.56 Å². The van der Waals surface area contributed by atoms with Gasteiger partial charge in [-0.3, -0.25) is 4.18 Å². The van der Waals surface area contributed by atoms with E-state index in [1.165, 1.54) is 12.1 Å². The number of hydrogen-bond acceptors (Lipinski definition) is 7. The average molecular weight is 388 g/mol. The van der Waals surface area contributed by atoms with Crippen molar-refractivity contribution >= 4 is 16.1 Å². The minimum absolute atomic E-state index is 0.0925. The Morgan fingerprint density at radius 2 is 1.62 bits per heavy atom. The molecule has 1 aromatic carbocycles. The van der Waals surface area contributed by atoms with Gasteiger partial charge < -0.3 is 14.2 Å². The molecule has 0 radical (unpaired) electrons. The molecule has 0 aliphatic heterocycles. The summed E-state index contributed by atoms with van der Waals surface area (Å²) in [5.74, 6) is -0.440. The van der Waals surface area contributed by atoms with E-state index in [-0.39, 0.29) is 31.3 Å². The zero-order chi connectivity index (χ0) is 19.8. The molecular weight excluding hydrogens is 360 g/mol. The molecule has 0 saturated carbocycles. The van der Waals surface area contributed by atoms with E-state index in [1.807, 2.05) is 6.92 Å². The zero-order valence-corrected chi connectivity index (χ0v) is 16.8. The average Bonchev–Trinajstić information content (AvgIpc) is 2.52. The van der Waals surface area contributed by atoms with Crippen LogP contribution in [0.25, 0.3) is 0 Å². The van der Waals surface area contributed by atoms with E-state index in [2.05, 4.69) is 0 Å². The fraction of sp³-hybridized carbons (Fsp3) is 0.611. The second-order valence-corrected chi connectivity index (χ2v) is 8.36. The minimum atomic E-state index is -3.78. The normalized spacial score (nSPS) is 13.4. The van der Waals surface area contributed by atoms with Gasteiger partial charge >= 0.3 is 5.97 Å². The molecule has 0 bridgehead atoms. The molecule has 148 valence electrons. The van der Waals surface area contributed by atoms with Gasteiger partial charge in [0.05, 0.1) is 31.3 Å². The molecule has 0 saturated heterocycles. The Kier molecular flexibility index (Phi) is 8.69. The van der Waals surface area contributed by atoms with Crippen molar-refractivity contribution in [2.45, 2.75) is 51.2 Å². The van der Waals surface area contributed by atoms with Crippen molar-refractivity contribution < 1.29 is 31.6 Å². The van der Waals surface area contributed by atoms with Crippen LogP contribution in [0.3, 0.4) is 0 Å². The highest BCUT2D eigenvalue weighted by Crippen LogP contribution is 2.13. The third-order valence-corrected chi connectivity index (χ3v) is 4.44. The molecule has 0 heterocycles. The first-order valence-electron chi connectivity index (χ1n) is 8.39. The number of carbonyl (C=O) groups is 1. The first-order chi connectivity index (χ1) is 12.0. The largest absolute Gasteiger partial charge is 0.458 e. The van der Waals surface area contributed by atoms with Gasteiger partial charge in [-0.05, 0) is 46.8 Å². The molecular formula is C18H28O7S. The van der Waals surface area contributed by atoms with Crippen LogP contribution in [0.1, 0.15) is 33.3 Å². The smallest absolute Gasteiger partial charge is 0.335 e. The van der Waals surface area contributed by atoms with Crippen molar-refractivity contribution in [3.05, 3.63) is 29.8 Å². The molecule has 0 amide bonds. The number of ether oxygens (including phenoxy) is 3. The lowest BCUT2D eigenvalue weighted by Gasteiger charge is -2.22. The van der Waals surface area contributed by atoms with E-state index in [9.17, 15) is 13.2 Å². The van der Waals surface area contributed by atoms with Crippen molar-refractivity contribution in [3.63, 3.8) is 0 Å². The summed E-state index contributed by atoms with van der Waals surface area (Å²) in [4.78, 5) is 11.8. The van der Waals surface area contributed by atoms with Gasteiger partial charge in [0.2, 0.25) is 0 Å². The van der Waals surface area contributed by atoms with Gasteiger partial charge in [-0.15, -0.1) is 0 Å². The van der Waals surface area contributed by atoms with E-state index in [1.54, 1.807) is 39.8 Å². The van der Waals surface area contributed by atoms with E-state index in [0.29, 0.717) is 0 Å². The molecule has 1 rings (SSSR count). The van der Waals surface area contributed by atoms with Crippen LogP contribution in [0.4, 0.5) is 0 Å². The summed E-state index contributed by atoms with van der Waals surface area (Å²) >= 11 is 0. The summed E-state index contributed by atoms with van der Waals surface area (Å²) in [5, 5.41) is 0. The monoisotopic (exact) mass is 388 g/mol. The van der Waals surface area contributed by atoms with Crippen LogP contribution in [0, 0.1) is 6.92 Å². The van der Waals surface area contributed by atoms with Gasteiger partial charge in [-0.2, -0.15) is 8.42 Å². The van der Waals surface area contributed by atoms with E-state index in [4.69, 9.17) is 18.4 Å². The molecule has 8 heteroatoms. The van der Waals surface area contributed by atoms with Crippen LogP contribution >= 0.6 is 0 Å². The molecule has 1 atom stereocenters. The molecule has 26 heavy (non-hydrogen) atoms. The summed E-state index contributed by atoms with van der Waals surface area (Å²) in [5.41, 5.74) is 0.402. The Morgan fingerprint density at radius 3 is 2.19 bits per heavy atom. The van der Waals surface area contributed by atoms with Crippen molar-refractivity contribution in [3.8, 4) is 0 Å². The second kappa shape index (κ2) is 10.0. The topological polar surface area (TPSA) is 88.1 Å². The summed E-state index contributed by atoms with van der Waals surface area (Å²) in [6.07, 6.45) is -0.698. The van der Waals surface area contributed by atoms with Crippen molar-refractivity contribution in [1.82, 2.24) is 0 Å². The number of benzene rings is 1. The summed E-state index contributed by atoms with van der Waals surface area (Å²) in [7, 11) is -3.78. The Bertz CT molecular complexity index is 660. The Labute approximate surface area is 155 Å². The Hall–Kier alpha value is -1.48. The summed E-state index contributed by atoms with van der Waals surface area (Å²) < 4.78 is 44.6. The molecule has 0 aromatic heterocycles. The highest BCUT2D eigenvalue weighted by molar-refractivity contribution is 7.86. The van der Waals surface area contributed by atoms with Crippen LogP contribution in [0.15, 0.2) is 29.2 Å². The van der Waals surface area contributed by atoms with Crippen LogP contribution < -0.4 is 0 Å². The molecule has 0 aliphatic carbocycles. The SMILES string of the molecule is Cc1ccc(S(=O)(=O)OCCOCCOC(C)C(=O)OC(C)(C)C)cc1. The van der Waals surface area contributed by atoms with Gasteiger partial charge in [0.25, 0.3) is 10.1 Å². The number of hydrogen-bond donors (Lipinski definition) is 0. The summed E-state index contributed by atoms with van der Waals surface area (Å²) in [6.45, 7) is 9.21. The zero-order valence-electron chi connectivity index (χ0n) is 16.0. The van der Waals surface area contributed by atoms with Crippen LogP contribution in [-0.2, 0) is 33.3 Å². The number of rotatable bonds is 10. The molecule has 1 unspecified atom stereocenters. The van der Waals surface area contributed by atoms with Crippen molar-refractivity contribution in [2.24, 2.45) is 0 Å². The minimum Gasteiger partial charge on any atom is -0.458 e. The highest BCUT2D eigenvalue weighted by atomic mass is 32.2. The lowest BCUT2D eigenvalue weighted by molar-refractivity contribution is -0.168. The maximum absolute atomic E-state index is 12.0. The number of aryl methyl sites for hydroxylation is 1. The highest BCUT2D eigenvalue weighted by Gasteiger charge is 2.22. The third-order valence-electron chi connectivity index (χ3n) is 3.11. The Morgan fingerprint density at radius 1 is 1.04 bits per heavy atom. The van der Waals surface area contributed by atoms with Gasteiger partial charge in [-0.25, -0.2) is 4.79 Å². The number of carbonyl (C=O) groups excluding carboxylic acids is 1. The molecule has 1 aromatic rings. The Balaban J connectivity index is 2.19. The molecule has 0 N–H and O–H groups in total. The quantitative estimate of drug-likeness (QED) is 0.346. The third kappa shape index (κ3) is 8.75. The van der Waals surface area contributed by atoms with Gasteiger partial charge in [-0.1, -0.05) is 17.7 Å². The maximum atomic E-state index is 12.0. The van der Waals surface area contributed by atoms with E-state index < -0.39 is 27.8 Å². The van der Waals surface area contributed by atoms with Crippen LogP contribution in [-0.4, -0.2) is 52.5 Å². The standard InChI is InChI=1S/C18H28O7S/c1-14-6-8-16(9-7-14)26(20,21)24-13-11-22-10-12-23-15(2)17(19)25-18(3,4)5/h6-9,15H,10-13H2,1-5H3. The first kappa shape index (κ1) is 22.6. The molecule has 7 nitrogen and oxygen atoms in total. The van der Waals surface area contributed by atoms with Gasteiger partial charge in [0, 0.05) is 0 Å². The lowest BCUT2D eigenvalue weighted by Crippen LogP contribution is -2.32. The second-order valence-electron chi connectivity index (χ2n) is 6.75. The fourth-order valence-electron chi connectivity index (χ4n) is 1.81. The van der Waals surface area contributed by atoms with E-state index >= 15 is 0 Å². The van der Waals surface area contributed by atoms with Crippen LogP contribution in [0.5, 0.6) is 0 Å². The molecule has 0 spiro atoms. The molecule has 0 aliphatic rings.